The number of likely N-dealkylation sites (N-methyl/N-ethyl adjacent to an activating group) is 1. The first kappa shape index (κ1) is 19.2. The molecular formula is C21H27N3O3. The van der Waals surface area contributed by atoms with Crippen LogP contribution >= 0.6 is 0 Å². The minimum Gasteiger partial charge on any atom is -0.456 e. The highest BCUT2D eigenvalue weighted by molar-refractivity contribution is 5.91. The zero-order valence-corrected chi connectivity index (χ0v) is 16.1. The van der Waals surface area contributed by atoms with Gasteiger partial charge in [-0.05, 0) is 37.5 Å². The van der Waals surface area contributed by atoms with Crippen LogP contribution in [0.2, 0.25) is 0 Å². The molecule has 2 heterocycles. The van der Waals surface area contributed by atoms with Crippen LogP contribution in [0.25, 0.3) is 0 Å². The third kappa shape index (κ3) is 4.57. The highest BCUT2D eigenvalue weighted by atomic mass is 16.3. The molecule has 1 aromatic carbocycles. The van der Waals surface area contributed by atoms with E-state index < -0.39 is 0 Å². The minimum absolute atomic E-state index is 0.0785. The Labute approximate surface area is 160 Å². The quantitative estimate of drug-likeness (QED) is 0.880. The zero-order valence-electron chi connectivity index (χ0n) is 16.1. The van der Waals surface area contributed by atoms with Gasteiger partial charge in [-0.2, -0.15) is 0 Å². The van der Waals surface area contributed by atoms with Crippen LogP contribution in [0, 0.1) is 6.92 Å². The van der Waals surface area contributed by atoms with Crippen LogP contribution in [0.5, 0.6) is 0 Å². The average molecular weight is 369 g/mol. The molecule has 2 aromatic rings. The van der Waals surface area contributed by atoms with Crippen molar-refractivity contribution in [1.82, 2.24) is 15.1 Å². The van der Waals surface area contributed by atoms with Gasteiger partial charge in [0.05, 0.1) is 0 Å². The van der Waals surface area contributed by atoms with E-state index >= 15 is 0 Å². The smallest absolute Gasteiger partial charge is 0.287 e. The lowest BCUT2D eigenvalue weighted by Crippen LogP contribution is -2.48. The zero-order chi connectivity index (χ0) is 19.4. The van der Waals surface area contributed by atoms with Gasteiger partial charge in [0, 0.05) is 33.2 Å². The molecule has 1 atom stereocenters. The summed E-state index contributed by atoms with van der Waals surface area (Å²) in [4.78, 5) is 28.9. The first-order valence-electron chi connectivity index (χ1n) is 9.33. The Bertz CT molecular complexity index is 777. The predicted molar refractivity (Wildman–Crippen MR) is 103 cm³/mol. The first-order valence-corrected chi connectivity index (χ1v) is 9.33. The van der Waals surface area contributed by atoms with Gasteiger partial charge in [-0.25, -0.2) is 0 Å². The van der Waals surface area contributed by atoms with Crippen molar-refractivity contribution in [2.75, 3.05) is 27.2 Å². The fourth-order valence-electron chi connectivity index (χ4n) is 3.50. The number of amides is 2. The van der Waals surface area contributed by atoms with E-state index in [2.05, 4.69) is 10.2 Å². The van der Waals surface area contributed by atoms with Gasteiger partial charge in [-0.3, -0.25) is 14.5 Å². The Hall–Kier alpha value is -2.60. The number of hydrogen-bond acceptors (Lipinski definition) is 4. The van der Waals surface area contributed by atoms with Crippen LogP contribution in [0.4, 0.5) is 0 Å². The van der Waals surface area contributed by atoms with Crippen molar-refractivity contribution in [3.63, 3.8) is 0 Å². The number of rotatable bonds is 5. The standard InChI is InChI=1S/C21H27N3O3/c1-15-9-10-18(27-15)20(25)22-17-11-13-24(14-12-17)19(21(26)23(2)3)16-7-5-4-6-8-16/h4-10,17,19H,11-14H2,1-3H3,(H,22,25). The van der Waals surface area contributed by atoms with Gasteiger partial charge >= 0.3 is 0 Å². The largest absolute Gasteiger partial charge is 0.456 e. The molecule has 1 aliphatic heterocycles. The molecule has 1 fully saturated rings. The second-order valence-corrected chi connectivity index (χ2v) is 7.24. The highest BCUT2D eigenvalue weighted by Crippen LogP contribution is 2.26. The lowest BCUT2D eigenvalue weighted by atomic mass is 9.98. The van der Waals surface area contributed by atoms with E-state index in [0.717, 1.165) is 37.3 Å². The lowest BCUT2D eigenvalue weighted by Gasteiger charge is -2.38. The van der Waals surface area contributed by atoms with Crippen molar-refractivity contribution >= 4 is 11.8 Å². The van der Waals surface area contributed by atoms with E-state index in [9.17, 15) is 9.59 Å². The summed E-state index contributed by atoms with van der Waals surface area (Å²) in [6, 6.07) is 13.2. The Morgan fingerprint density at radius 2 is 1.78 bits per heavy atom. The Morgan fingerprint density at radius 1 is 1.11 bits per heavy atom. The molecule has 6 nitrogen and oxygen atoms in total. The van der Waals surface area contributed by atoms with Crippen molar-refractivity contribution in [3.8, 4) is 0 Å². The number of carbonyl (C=O) groups is 2. The monoisotopic (exact) mass is 369 g/mol. The second-order valence-electron chi connectivity index (χ2n) is 7.24. The fourth-order valence-corrected chi connectivity index (χ4v) is 3.50. The molecular weight excluding hydrogens is 342 g/mol. The molecule has 1 N–H and O–H groups in total. The topological polar surface area (TPSA) is 65.8 Å². The number of nitrogens with one attached hydrogen (secondary N) is 1. The Kier molecular flexibility index (Phi) is 5.96. The molecule has 144 valence electrons. The van der Waals surface area contributed by atoms with E-state index in [-0.39, 0.29) is 23.9 Å². The van der Waals surface area contributed by atoms with Crippen LogP contribution in [-0.2, 0) is 4.79 Å². The van der Waals surface area contributed by atoms with E-state index in [0.29, 0.717) is 5.76 Å². The molecule has 3 rings (SSSR count). The van der Waals surface area contributed by atoms with Crippen molar-refractivity contribution in [2.45, 2.75) is 31.8 Å². The summed E-state index contributed by atoms with van der Waals surface area (Å²) in [5.41, 5.74) is 1.00. The van der Waals surface area contributed by atoms with E-state index in [4.69, 9.17) is 4.42 Å². The summed E-state index contributed by atoms with van der Waals surface area (Å²) in [6.07, 6.45) is 1.60. The molecule has 0 radical (unpaired) electrons. The van der Waals surface area contributed by atoms with Crippen LogP contribution in [0.15, 0.2) is 46.9 Å². The number of hydrogen-bond donors (Lipinski definition) is 1. The van der Waals surface area contributed by atoms with Crippen molar-refractivity contribution in [1.29, 1.82) is 0 Å². The Balaban J connectivity index is 1.63. The summed E-state index contributed by atoms with van der Waals surface area (Å²) in [7, 11) is 3.58. The number of carbonyl (C=O) groups excluding carboxylic acids is 2. The second kappa shape index (κ2) is 8.39. The Morgan fingerprint density at radius 3 is 2.33 bits per heavy atom. The summed E-state index contributed by atoms with van der Waals surface area (Å²) in [6.45, 7) is 3.32. The van der Waals surface area contributed by atoms with Crippen molar-refractivity contribution in [3.05, 3.63) is 59.5 Å². The van der Waals surface area contributed by atoms with Gasteiger partial charge in [0.2, 0.25) is 5.91 Å². The third-order valence-corrected chi connectivity index (χ3v) is 4.98. The average Bonchev–Trinajstić information content (AvgIpc) is 3.10. The SMILES string of the molecule is Cc1ccc(C(=O)NC2CCN(C(C(=O)N(C)C)c3ccccc3)CC2)o1. The van der Waals surface area contributed by atoms with E-state index in [1.165, 1.54) is 0 Å². The van der Waals surface area contributed by atoms with Gasteiger partial charge in [-0.1, -0.05) is 30.3 Å². The van der Waals surface area contributed by atoms with Gasteiger partial charge in [-0.15, -0.1) is 0 Å². The van der Waals surface area contributed by atoms with Crippen LogP contribution < -0.4 is 5.32 Å². The van der Waals surface area contributed by atoms with E-state index in [1.54, 1.807) is 31.1 Å². The van der Waals surface area contributed by atoms with E-state index in [1.807, 2.05) is 37.3 Å². The molecule has 0 saturated carbocycles. The highest BCUT2D eigenvalue weighted by Gasteiger charge is 2.32. The van der Waals surface area contributed by atoms with Gasteiger partial charge in [0.15, 0.2) is 5.76 Å². The van der Waals surface area contributed by atoms with Crippen LogP contribution in [-0.4, -0.2) is 54.8 Å². The minimum atomic E-state index is -0.287. The third-order valence-electron chi connectivity index (χ3n) is 4.98. The molecule has 0 aliphatic carbocycles. The molecule has 1 aliphatic rings. The first-order chi connectivity index (χ1) is 13.0. The predicted octanol–water partition coefficient (Wildman–Crippen LogP) is 2.61. The van der Waals surface area contributed by atoms with Gasteiger partial charge in [0.1, 0.15) is 11.8 Å². The van der Waals surface area contributed by atoms with Crippen LogP contribution in [0.1, 0.15) is 40.8 Å². The lowest BCUT2D eigenvalue weighted by molar-refractivity contribution is -0.135. The molecule has 27 heavy (non-hydrogen) atoms. The summed E-state index contributed by atoms with van der Waals surface area (Å²) >= 11 is 0. The summed E-state index contributed by atoms with van der Waals surface area (Å²) < 4.78 is 5.39. The molecule has 2 amide bonds. The molecule has 1 unspecified atom stereocenters. The van der Waals surface area contributed by atoms with Gasteiger partial charge in [0.25, 0.3) is 5.91 Å². The van der Waals surface area contributed by atoms with Crippen molar-refractivity contribution in [2.24, 2.45) is 0 Å². The number of aryl methyl sites for hydroxylation is 1. The fraction of sp³-hybridized carbons (Fsp3) is 0.429. The van der Waals surface area contributed by atoms with Gasteiger partial charge < -0.3 is 14.6 Å². The number of furan rings is 1. The molecule has 0 bridgehead atoms. The number of benzene rings is 1. The molecule has 1 aromatic heterocycles. The van der Waals surface area contributed by atoms with Crippen LogP contribution in [0.3, 0.4) is 0 Å². The maximum absolute atomic E-state index is 12.8. The summed E-state index contributed by atoms with van der Waals surface area (Å²) in [5, 5.41) is 3.05. The van der Waals surface area contributed by atoms with Crippen molar-refractivity contribution < 1.29 is 14.0 Å². The maximum Gasteiger partial charge on any atom is 0.287 e. The molecule has 1 saturated heterocycles. The number of piperidine rings is 1. The normalized spacial score (nSPS) is 16.7. The number of likely N-dealkylation sites (tertiary alicyclic amines) is 1. The molecule has 0 spiro atoms. The number of nitrogens with zero attached hydrogens (tertiary/aromatic N) is 2. The summed E-state index contributed by atoms with van der Waals surface area (Å²) in [5.74, 6) is 0.975. The molecule has 6 heteroatoms. The maximum atomic E-state index is 12.8.